The third-order valence-corrected chi connectivity index (χ3v) is 4.15. The SMILES string of the molecule is Nc1nc(Nc2ccccc2)nc(-n2cnc(N3CCCCC3)c2)n1. The van der Waals surface area contributed by atoms with Crippen molar-refractivity contribution >= 4 is 23.4 Å². The normalized spacial score (nSPS) is 14.5. The summed E-state index contributed by atoms with van der Waals surface area (Å²) in [4.78, 5) is 19.6. The zero-order valence-corrected chi connectivity index (χ0v) is 13.8. The molecule has 0 unspecified atom stereocenters. The number of anilines is 4. The molecule has 1 aliphatic heterocycles. The summed E-state index contributed by atoms with van der Waals surface area (Å²) < 4.78 is 1.78. The molecule has 8 heteroatoms. The molecule has 0 bridgehead atoms. The zero-order chi connectivity index (χ0) is 17.1. The molecular weight excluding hydrogens is 316 g/mol. The highest BCUT2D eigenvalue weighted by molar-refractivity contribution is 5.54. The van der Waals surface area contributed by atoms with Crippen LogP contribution in [0.5, 0.6) is 0 Å². The number of nitrogens with one attached hydrogen (secondary N) is 1. The van der Waals surface area contributed by atoms with Gasteiger partial charge in [-0.15, -0.1) is 0 Å². The molecule has 2 aromatic heterocycles. The van der Waals surface area contributed by atoms with E-state index < -0.39 is 0 Å². The average Bonchev–Trinajstić information content (AvgIpc) is 3.13. The van der Waals surface area contributed by atoms with Crippen molar-refractivity contribution in [3.8, 4) is 5.95 Å². The van der Waals surface area contributed by atoms with Crippen molar-refractivity contribution in [2.24, 2.45) is 0 Å². The lowest BCUT2D eigenvalue weighted by molar-refractivity contribution is 0.574. The second kappa shape index (κ2) is 6.76. The fourth-order valence-corrected chi connectivity index (χ4v) is 2.91. The van der Waals surface area contributed by atoms with Gasteiger partial charge in [-0.2, -0.15) is 15.0 Å². The highest BCUT2D eigenvalue weighted by atomic mass is 15.3. The van der Waals surface area contributed by atoms with Crippen LogP contribution in [0.25, 0.3) is 5.95 Å². The molecule has 4 rings (SSSR count). The lowest BCUT2D eigenvalue weighted by Crippen LogP contribution is -2.29. The maximum absolute atomic E-state index is 5.85. The first-order valence-electron chi connectivity index (χ1n) is 8.41. The van der Waals surface area contributed by atoms with Crippen LogP contribution >= 0.6 is 0 Å². The lowest BCUT2D eigenvalue weighted by Gasteiger charge is -2.26. The van der Waals surface area contributed by atoms with Crippen LogP contribution in [0.3, 0.4) is 0 Å². The van der Waals surface area contributed by atoms with Gasteiger partial charge in [-0.3, -0.25) is 4.57 Å². The number of hydrogen-bond acceptors (Lipinski definition) is 7. The van der Waals surface area contributed by atoms with Gasteiger partial charge in [0.15, 0.2) is 0 Å². The maximum Gasteiger partial charge on any atom is 0.241 e. The van der Waals surface area contributed by atoms with E-state index in [1.54, 1.807) is 10.9 Å². The predicted octanol–water partition coefficient (Wildman–Crippen LogP) is 2.37. The van der Waals surface area contributed by atoms with E-state index in [9.17, 15) is 0 Å². The van der Waals surface area contributed by atoms with E-state index in [1.165, 1.54) is 19.3 Å². The standard InChI is InChI=1S/C17H20N8/c18-15-21-16(20-13-7-3-1-4-8-13)23-17(22-15)25-11-14(19-12-25)24-9-5-2-6-10-24/h1,3-4,7-8,11-12H,2,5-6,9-10H2,(H3,18,20,21,22,23). The lowest BCUT2D eigenvalue weighted by atomic mass is 10.1. The minimum absolute atomic E-state index is 0.164. The Kier molecular flexibility index (Phi) is 4.16. The van der Waals surface area contributed by atoms with E-state index in [-0.39, 0.29) is 5.95 Å². The second-order valence-electron chi connectivity index (χ2n) is 6.00. The summed E-state index contributed by atoms with van der Waals surface area (Å²) in [6.45, 7) is 2.08. The van der Waals surface area contributed by atoms with E-state index in [1.807, 2.05) is 36.5 Å². The van der Waals surface area contributed by atoms with Gasteiger partial charge in [-0.25, -0.2) is 4.98 Å². The van der Waals surface area contributed by atoms with Crippen LogP contribution in [0.4, 0.5) is 23.4 Å². The molecular formula is C17H20N8. The molecule has 1 aliphatic rings. The Morgan fingerprint density at radius 3 is 2.56 bits per heavy atom. The minimum atomic E-state index is 0.164. The van der Waals surface area contributed by atoms with Gasteiger partial charge < -0.3 is 16.0 Å². The van der Waals surface area contributed by atoms with E-state index in [4.69, 9.17) is 5.73 Å². The molecule has 3 N–H and O–H groups in total. The van der Waals surface area contributed by atoms with Crippen molar-refractivity contribution in [1.82, 2.24) is 24.5 Å². The molecule has 1 fully saturated rings. The Labute approximate surface area is 145 Å². The van der Waals surface area contributed by atoms with Crippen LogP contribution in [0.15, 0.2) is 42.9 Å². The van der Waals surface area contributed by atoms with Crippen molar-refractivity contribution in [2.45, 2.75) is 19.3 Å². The Bertz CT molecular complexity index is 839. The van der Waals surface area contributed by atoms with Gasteiger partial charge in [-0.1, -0.05) is 18.2 Å². The van der Waals surface area contributed by atoms with Crippen LogP contribution in [-0.4, -0.2) is 37.6 Å². The van der Waals surface area contributed by atoms with Gasteiger partial charge in [0.2, 0.25) is 17.8 Å². The first kappa shape index (κ1) is 15.4. The number of nitrogens with zero attached hydrogens (tertiary/aromatic N) is 6. The molecule has 0 saturated carbocycles. The number of aromatic nitrogens is 5. The number of nitrogen functional groups attached to an aromatic ring is 1. The van der Waals surface area contributed by atoms with Crippen LogP contribution < -0.4 is 16.0 Å². The summed E-state index contributed by atoms with van der Waals surface area (Å²) in [6.07, 6.45) is 7.35. The predicted molar refractivity (Wildman–Crippen MR) is 97.2 cm³/mol. The van der Waals surface area contributed by atoms with Crippen LogP contribution in [-0.2, 0) is 0 Å². The van der Waals surface area contributed by atoms with Gasteiger partial charge in [-0.05, 0) is 31.4 Å². The van der Waals surface area contributed by atoms with Gasteiger partial charge in [0.25, 0.3) is 0 Å². The summed E-state index contributed by atoms with van der Waals surface area (Å²) in [5.41, 5.74) is 6.74. The summed E-state index contributed by atoms with van der Waals surface area (Å²) in [7, 11) is 0. The van der Waals surface area contributed by atoms with E-state index >= 15 is 0 Å². The first-order chi connectivity index (χ1) is 12.3. The Morgan fingerprint density at radius 2 is 1.76 bits per heavy atom. The molecule has 128 valence electrons. The number of benzene rings is 1. The molecule has 0 aliphatic carbocycles. The third-order valence-electron chi connectivity index (χ3n) is 4.15. The van der Waals surface area contributed by atoms with Gasteiger partial charge in [0, 0.05) is 18.8 Å². The van der Waals surface area contributed by atoms with Crippen molar-refractivity contribution < 1.29 is 0 Å². The van der Waals surface area contributed by atoms with Gasteiger partial charge in [0.05, 0.1) is 6.20 Å². The van der Waals surface area contributed by atoms with Gasteiger partial charge >= 0.3 is 0 Å². The molecule has 0 atom stereocenters. The second-order valence-corrected chi connectivity index (χ2v) is 6.00. The summed E-state index contributed by atoms with van der Waals surface area (Å²) >= 11 is 0. The summed E-state index contributed by atoms with van der Waals surface area (Å²) in [5, 5.41) is 3.14. The Morgan fingerprint density at radius 1 is 0.960 bits per heavy atom. The highest BCUT2D eigenvalue weighted by Gasteiger charge is 2.15. The number of rotatable bonds is 4. The minimum Gasteiger partial charge on any atom is -0.368 e. The molecule has 3 heterocycles. The quantitative estimate of drug-likeness (QED) is 0.755. The number of hydrogen-bond donors (Lipinski definition) is 2. The average molecular weight is 336 g/mol. The monoisotopic (exact) mass is 336 g/mol. The van der Waals surface area contributed by atoms with Crippen LogP contribution in [0, 0.1) is 0 Å². The smallest absolute Gasteiger partial charge is 0.241 e. The van der Waals surface area contributed by atoms with E-state index in [0.717, 1.165) is 24.6 Å². The molecule has 1 saturated heterocycles. The number of nitrogens with two attached hydrogens (primary N) is 1. The summed E-state index contributed by atoms with van der Waals surface area (Å²) in [5.74, 6) is 1.96. The van der Waals surface area contributed by atoms with Crippen molar-refractivity contribution in [2.75, 3.05) is 29.0 Å². The van der Waals surface area contributed by atoms with Crippen molar-refractivity contribution in [3.63, 3.8) is 0 Å². The summed E-state index contributed by atoms with van der Waals surface area (Å²) in [6, 6.07) is 9.70. The van der Waals surface area contributed by atoms with E-state index in [2.05, 4.69) is 30.2 Å². The first-order valence-corrected chi connectivity index (χ1v) is 8.41. The third kappa shape index (κ3) is 3.52. The van der Waals surface area contributed by atoms with Crippen LogP contribution in [0.1, 0.15) is 19.3 Å². The fourth-order valence-electron chi connectivity index (χ4n) is 2.91. The maximum atomic E-state index is 5.85. The van der Waals surface area contributed by atoms with Crippen molar-refractivity contribution in [3.05, 3.63) is 42.9 Å². The largest absolute Gasteiger partial charge is 0.368 e. The van der Waals surface area contributed by atoms with Crippen molar-refractivity contribution in [1.29, 1.82) is 0 Å². The molecule has 8 nitrogen and oxygen atoms in total. The van der Waals surface area contributed by atoms with Gasteiger partial charge in [0.1, 0.15) is 12.1 Å². The molecule has 1 aromatic carbocycles. The number of imidazole rings is 1. The number of para-hydroxylation sites is 1. The Balaban J connectivity index is 1.59. The van der Waals surface area contributed by atoms with E-state index in [0.29, 0.717) is 11.9 Å². The Hall–Kier alpha value is -3.16. The molecule has 3 aromatic rings. The fraction of sp³-hybridized carbons (Fsp3) is 0.294. The zero-order valence-electron chi connectivity index (χ0n) is 13.8. The molecule has 25 heavy (non-hydrogen) atoms. The number of piperidine rings is 1. The highest BCUT2D eigenvalue weighted by Crippen LogP contribution is 2.19. The molecule has 0 spiro atoms. The topological polar surface area (TPSA) is 97.8 Å². The van der Waals surface area contributed by atoms with Crippen LogP contribution in [0.2, 0.25) is 0 Å². The molecule has 0 radical (unpaired) electrons. The molecule has 0 amide bonds.